The second kappa shape index (κ2) is 7.08. The van der Waals surface area contributed by atoms with Gasteiger partial charge in [0.05, 0.1) is 10.6 Å². The molecular formula is C21H24N2O2S. The Morgan fingerprint density at radius 3 is 2.50 bits per heavy atom. The Hall–Kier alpha value is -2.40. The fourth-order valence-electron chi connectivity index (χ4n) is 3.40. The maximum atomic E-state index is 13.3. The van der Waals surface area contributed by atoms with Gasteiger partial charge >= 0.3 is 0 Å². The van der Waals surface area contributed by atoms with Gasteiger partial charge in [-0.25, -0.2) is 4.21 Å². The van der Waals surface area contributed by atoms with Gasteiger partial charge in [0, 0.05) is 28.9 Å². The summed E-state index contributed by atoms with van der Waals surface area (Å²) in [7, 11) is -1.37. The number of hydrogen-bond acceptors (Lipinski definition) is 2. The maximum Gasteiger partial charge on any atom is 0.255 e. The molecule has 0 amide bonds. The molecule has 26 heavy (non-hydrogen) atoms. The van der Waals surface area contributed by atoms with Crippen molar-refractivity contribution in [1.29, 1.82) is 0 Å². The lowest BCUT2D eigenvalue weighted by Crippen LogP contribution is -2.30. The molecule has 1 aromatic heterocycles. The number of hydrogen-bond donors (Lipinski definition) is 1. The zero-order valence-corrected chi connectivity index (χ0v) is 16.4. The van der Waals surface area contributed by atoms with Crippen molar-refractivity contribution in [2.24, 2.45) is 0 Å². The van der Waals surface area contributed by atoms with Gasteiger partial charge in [-0.1, -0.05) is 52.0 Å². The maximum absolute atomic E-state index is 13.3. The molecule has 4 nitrogen and oxygen atoms in total. The molecule has 2 aromatic carbocycles. The van der Waals surface area contributed by atoms with Crippen LogP contribution < -0.4 is 9.86 Å². The van der Waals surface area contributed by atoms with Gasteiger partial charge in [-0.2, -0.15) is 0 Å². The Bertz CT molecular complexity index is 1020. The molecule has 0 saturated carbocycles. The highest BCUT2D eigenvalue weighted by atomic mass is 32.2. The number of benzene rings is 2. The molecule has 4 rings (SSSR count). The van der Waals surface area contributed by atoms with E-state index in [2.05, 4.69) is 24.9 Å². The summed E-state index contributed by atoms with van der Waals surface area (Å²) in [5.74, 6) is 0. The zero-order valence-electron chi connectivity index (χ0n) is 15.6. The van der Waals surface area contributed by atoms with Gasteiger partial charge in [0.15, 0.2) is 11.0 Å². The van der Waals surface area contributed by atoms with Crippen LogP contribution in [0.5, 0.6) is 0 Å². The summed E-state index contributed by atoms with van der Waals surface area (Å²) >= 11 is 0. The number of fused-ring (bicyclic) bond motifs is 2. The second-order valence-corrected chi connectivity index (χ2v) is 8.09. The Balaban J connectivity index is 0.000000948. The molecule has 0 fully saturated rings. The summed E-state index contributed by atoms with van der Waals surface area (Å²) in [5.41, 5.74) is 1.99. The molecular weight excluding hydrogens is 344 g/mol. The van der Waals surface area contributed by atoms with Crippen LogP contribution in [0.1, 0.15) is 33.3 Å². The number of pyridine rings is 1. The molecule has 0 radical (unpaired) electrons. The molecule has 0 bridgehead atoms. The largest absolute Gasteiger partial charge is 0.329 e. The molecule has 1 aliphatic rings. The molecule has 0 aliphatic carbocycles. The summed E-state index contributed by atoms with van der Waals surface area (Å²) in [4.78, 5) is 15.4. The van der Waals surface area contributed by atoms with Gasteiger partial charge in [-0.3, -0.25) is 9.10 Å². The van der Waals surface area contributed by atoms with Crippen molar-refractivity contribution in [2.45, 2.75) is 38.0 Å². The lowest BCUT2D eigenvalue weighted by atomic mass is 9.87. The lowest BCUT2D eigenvalue weighted by Gasteiger charge is -2.22. The third kappa shape index (κ3) is 2.97. The monoisotopic (exact) mass is 368 g/mol. The number of para-hydroxylation sites is 1. The number of nitrogens with zero attached hydrogens (tertiary/aromatic N) is 1. The average Bonchev–Trinajstić information content (AvgIpc) is 2.94. The van der Waals surface area contributed by atoms with E-state index in [4.69, 9.17) is 0 Å². The smallest absolute Gasteiger partial charge is 0.255 e. The van der Waals surface area contributed by atoms with E-state index in [0.717, 1.165) is 11.1 Å². The number of aromatic nitrogens is 1. The van der Waals surface area contributed by atoms with Crippen LogP contribution in [0.2, 0.25) is 0 Å². The minimum Gasteiger partial charge on any atom is -0.329 e. The van der Waals surface area contributed by atoms with E-state index >= 15 is 0 Å². The van der Waals surface area contributed by atoms with Crippen LogP contribution in [-0.4, -0.2) is 15.7 Å². The van der Waals surface area contributed by atoms with Crippen molar-refractivity contribution in [2.75, 3.05) is 10.8 Å². The molecule has 1 aliphatic heterocycles. The van der Waals surface area contributed by atoms with Crippen LogP contribution >= 0.6 is 0 Å². The van der Waals surface area contributed by atoms with E-state index in [1.165, 1.54) is 5.56 Å². The molecule has 136 valence electrons. The highest BCUT2D eigenvalue weighted by molar-refractivity contribution is 7.86. The fourth-order valence-corrected chi connectivity index (χ4v) is 4.98. The van der Waals surface area contributed by atoms with Crippen molar-refractivity contribution < 1.29 is 4.21 Å². The predicted octanol–water partition coefficient (Wildman–Crippen LogP) is 4.37. The van der Waals surface area contributed by atoms with Gasteiger partial charge in [-0.15, -0.1) is 0 Å². The molecule has 3 aromatic rings. The van der Waals surface area contributed by atoms with Crippen LogP contribution in [0.4, 0.5) is 5.69 Å². The average molecular weight is 369 g/mol. The molecule has 1 unspecified atom stereocenters. The summed E-state index contributed by atoms with van der Waals surface area (Å²) in [6.45, 7) is 9.01. The summed E-state index contributed by atoms with van der Waals surface area (Å²) < 4.78 is 15.3. The van der Waals surface area contributed by atoms with Gasteiger partial charge in [0.2, 0.25) is 0 Å². The first-order valence-electron chi connectivity index (χ1n) is 8.88. The van der Waals surface area contributed by atoms with Crippen LogP contribution in [0.25, 0.3) is 10.8 Å². The Morgan fingerprint density at radius 1 is 1.00 bits per heavy atom. The van der Waals surface area contributed by atoms with Crippen LogP contribution in [0.3, 0.4) is 0 Å². The predicted molar refractivity (Wildman–Crippen MR) is 109 cm³/mol. The standard InChI is InChI=1S/C19H18N2O2S.C2H6/c1-19(2)12-21(16-8-4-3-7-15(16)19)24(23)17-9-5-6-14-13(17)10-11-20-18(14)22;1-2/h3-11H,12H2,1-2H3,(H,20,22);1-2H3. The van der Waals surface area contributed by atoms with Crippen LogP contribution in [0.15, 0.2) is 64.4 Å². The Labute approximate surface area is 156 Å². The van der Waals surface area contributed by atoms with Gasteiger partial charge in [-0.05, 0) is 29.8 Å². The van der Waals surface area contributed by atoms with Crippen molar-refractivity contribution in [1.82, 2.24) is 4.98 Å². The first-order chi connectivity index (χ1) is 12.5. The second-order valence-electron chi connectivity index (χ2n) is 6.71. The quantitative estimate of drug-likeness (QED) is 0.730. The molecule has 1 N–H and O–H groups in total. The van der Waals surface area contributed by atoms with Gasteiger partial charge in [0.25, 0.3) is 5.56 Å². The van der Waals surface area contributed by atoms with Crippen LogP contribution in [-0.2, 0) is 16.4 Å². The first kappa shape index (κ1) is 18.4. The van der Waals surface area contributed by atoms with E-state index in [1.54, 1.807) is 18.3 Å². The highest BCUT2D eigenvalue weighted by Gasteiger charge is 2.37. The van der Waals surface area contributed by atoms with Crippen LogP contribution in [0, 0.1) is 0 Å². The summed E-state index contributed by atoms with van der Waals surface area (Å²) in [6, 6.07) is 15.3. The number of nitrogens with one attached hydrogen (secondary N) is 1. The Kier molecular flexibility index (Phi) is 5.01. The zero-order chi connectivity index (χ0) is 18.9. The van der Waals surface area contributed by atoms with E-state index < -0.39 is 11.0 Å². The molecule has 0 spiro atoms. The normalized spacial score (nSPS) is 15.9. The third-order valence-corrected chi connectivity index (χ3v) is 6.06. The summed E-state index contributed by atoms with van der Waals surface area (Å²) in [5, 5.41) is 1.30. The summed E-state index contributed by atoms with van der Waals surface area (Å²) in [6.07, 6.45) is 1.60. The number of H-pyrrole nitrogens is 1. The molecule has 2 heterocycles. The van der Waals surface area contributed by atoms with E-state index in [-0.39, 0.29) is 11.0 Å². The van der Waals surface area contributed by atoms with E-state index in [9.17, 15) is 9.00 Å². The van der Waals surface area contributed by atoms with Gasteiger partial charge in [0.1, 0.15) is 0 Å². The van der Waals surface area contributed by atoms with Crippen molar-refractivity contribution in [3.05, 3.63) is 70.6 Å². The SMILES string of the molecule is CC.CC1(C)CN(S(=O)c2cccc3c(=O)[nH]ccc23)c2ccccc21. The minimum atomic E-state index is -1.37. The van der Waals surface area contributed by atoms with E-state index in [0.29, 0.717) is 16.8 Å². The molecule has 0 saturated heterocycles. The fraction of sp³-hybridized carbons (Fsp3) is 0.286. The van der Waals surface area contributed by atoms with E-state index in [1.807, 2.05) is 48.5 Å². The van der Waals surface area contributed by atoms with Crippen molar-refractivity contribution in [3.63, 3.8) is 0 Å². The highest BCUT2D eigenvalue weighted by Crippen LogP contribution is 2.42. The van der Waals surface area contributed by atoms with Gasteiger partial charge < -0.3 is 4.98 Å². The Morgan fingerprint density at radius 2 is 1.73 bits per heavy atom. The number of anilines is 1. The first-order valence-corrected chi connectivity index (χ1v) is 9.99. The molecule has 5 heteroatoms. The van der Waals surface area contributed by atoms with Crippen molar-refractivity contribution >= 4 is 27.4 Å². The third-order valence-electron chi connectivity index (χ3n) is 4.60. The lowest BCUT2D eigenvalue weighted by molar-refractivity contribution is 0.572. The molecule has 1 atom stereocenters. The number of aromatic amines is 1. The minimum absolute atomic E-state index is 0.0612. The number of rotatable bonds is 2. The topological polar surface area (TPSA) is 53.2 Å². The van der Waals surface area contributed by atoms with Crippen molar-refractivity contribution in [3.8, 4) is 0 Å².